The Morgan fingerprint density at radius 3 is 2.70 bits per heavy atom. The van der Waals surface area contributed by atoms with E-state index in [2.05, 4.69) is 58.5 Å². The van der Waals surface area contributed by atoms with Crippen LogP contribution in [0.25, 0.3) is 0 Å². The van der Waals surface area contributed by atoms with Crippen LogP contribution < -0.4 is 0 Å². The van der Waals surface area contributed by atoms with Crippen molar-refractivity contribution in [1.82, 2.24) is 9.88 Å². The molecule has 104 valence electrons. The molecule has 1 saturated heterocycles. The Balaban J connectivity index is 1.78. The van der Waals surface area contributed by atoms with Crippen LogP contribution in [0.5, 0.6) is 0 Å². The van der Waals surface area contributed by atoms with Crippen LogP contribution in [-0.2, 0) is 6.54 Å². The maximum Gasteiger partial charge on any atom is 0.0372 e. The Morgan fingerprint density at radius 1 is 1.10 bits per heavy atom. The molecule has 0 N–H and O–H groups in total. The average molecular weight is 266 g/mol. The number of benzene rings is 1. The van der Waals surface area contributed by atoms with E-state index >= 15 is 0 Å². The molecule has 0 spiro atoms. The van der Waals surface area contributed by atoms with Crippen molar-refractivity contribution in [2.24, 2.45) is 0 Å². The molecule has 1 aliphatic heterocycles. The van der Waals surface area contributed by atoms with Crippen LogP contribution in [0.4, 0.5) is 0 Å². The van der Waals surface area contributed by atoms with Crippen LogP contribution in [0.15, 0.2) is 48.7 Å². The molecule has 1 unspecified atom stereocenters. The molecule has 1 aromatic carbocycles. The second kappa shape index (κ2) is 6.19. The number of aromatic nitrogens is 1. The van der Waals surface area contributed by atoms with Crippen molar-refractivity contribution in [3.63, 3.8) is 0 Å². The van der Waals surface area contributed by atoms with Crippen LogP contribution >= 0.6 is 0 Å². The number of hydrogen-bond acceptors (Lipinski definition) is 2. The van der Waals surface area contributed by atoms with Gasteiger partial charge in [0, 0.05) is 24.5 Å². The highest BCUT2D eigenvalue weighted by Crippen LogP contribution is 2.31. The van der Waals surface area contributed by atoms with Crippen LogP contribution in [0.3, 0.4) is 0 Å². The zero-order valence-electron chi connectivity index (χ0n) is 12.1. The van der Waals surface area contributed by atoms with Gasteiger partial charge in [-0.15, -0.1) is 0 Å². The zero-order valence-corrected chi connectivity index (χ0v) is 12.1. The van der Waals surface area contributed by atoms with Gasteiger partial charge >= 0.3 is 0 Å². The average Bonchev–Trinajstić information content (AvgIpc) is 2.50. The lowest BCUT2D eigenvalue weighted by Crippen LogP contribution is -2.33. The molecule has 2 nitrogen and oxygen atoms in total. The fourth-order valence-electron chi connectivity index (χ4n) is 3.05. The normalized spacial score (nSPS) is 19.9. The highest BCUT2D eigenvalue weighted by molar-refractivity contribution is 5.20. The summed E-state index contributed by atoms with van der Waals surface area (Å²) >= 11 is 0. The summed E-state index contributed by atoms with van der Waals surface area (Å²) in [6.45, 7) is 4.28. The quantitative estimate of drug-likeness (QED) is 0.831. The smallest absolute Gasteiger partial charge is 0.0372 e. The van der Waals surface area contributed by atoms with Gasteiger partial charge in [-0.25, -0.2) is 0 Å². The third kappa shape index (κ3) is 3.07. The Morgan fingerprint density at radius 2 is 1.95 bits per heavy atom. The van der Waals surface area contributed by atoms with Crippen LogP contribution in [0, 0.1) is 6.92 Å². The molecule has 2 heteroatoms. The monoisotopic (exact) mass is 266 g/mol. The van der Waals surface area contributed by atoms with Crippen LogP contribution in [-0.4, -0.2) is 16.4 Å². The molecule has 1 fully saturated rings. The van der Waals surface area contributed by atoms with Gasteiger partial charge in [0.15, 0.2) is 0 Å². The number of piperidine rings is 1. The van der Waals surface area contributed by atoms with Gasteiger partial charge in [0.1, 0.15) is 0 Å². The lowest BCUT2D eigenvalue weighted by molar-refractivity contribution is 0.140. The van der Waals surface area contributed by atoms with Crippen LogP contribution in [0.2, 0.25) is 0 Å². The van der Waals surface area contributed by atoms with Crippen molar-refractivity contribution in [2.45, 2.75) is 38.8 Å². The maximum absolute atomic E-state index is 4.47. The first kappa shape index (κ1) is 13.3. The Labute approximate surface area is 121 Å². The van der Waals surface area contributed by atoms with E-state index in [-0.39, 0.29) is 0 Å². The molecule has 1 aromatic heterocycles. The molecular formula is C18H22N2. The standard InChI is InChI=1S/C18H22N2/c1-15-10-11-17(13-19-15)18-9-5-6-12-20(18)14-16-7-3-2-4-8-16/h2-4,7-8,10-11,13,18H,5-6,9,12,14H2,1H3. The van der Waals surface area contributed by atoms with E-state index in [4.69, 9.17) is 0 Å². The number of hydrogen-bond donors (Lipinski definition) is 0. The number of rotatable bonds is 3. The molecule has 0 bridgehead atoms. The largest absolute Gasteiger partial charge is 0.292 e. The topological polar surface area (TPSA) is 16.1 Å². The van der Waals surface area contributed by atoms with Gasteiger partial charge in [-0.2, -0.15) is 0 Å². The van der Waals surface area contributed by atoms with Gasteiger partial charge in [-0.05, 0) is 43.5 Å². The summed E-state index contributed by atoms with van der Waals surface area (Å²) in [5.74, 6) is 0. The number of aryl methyl sites for hydroxylation is 1. The number of nitrogens with zero attached hydrogens (tertiary/aromatic N) is 2. The molecule has 0 aliphatic carbocycles. The molecule has 0 saturated carbocycles. The van der Waals surface area contributed by atoms with E-state index in [1.54, 1.807) is 0 Å². The van der Waals surface area contributed by atoms with E-state index in [1.165, 1.54) is 36.9 Å². The van der Waals surface area contributed by atoms with Crippen molar-refractivity contribution in [3.05, 3.63) is 65.5 Å². The lowest BCUT2D eigenvalue weighted by Gasteiger charge is -2.36. The number of likely N-dealkylation sites (tertiary alicyclic amines) is 1. The Hall–Kier alpha value is -1.67. The first-order valence-corrected chi connectivity index (χ1v) is 7.53. The van der Waals surface area contributed by atoms with E-state index in [1.807, 2.05) is 6.92 Å². The summed E-state index contributed by atoms with van der Waals surface area (Å²) in [5.41, 5.74) is 3.87. The van der Waals surface area contributed by atoms with Crippen molar-refractivity contribution in [1.29, 1.82) is 0 Å². The van der Waals surface area contributed by atoms with E-state index in [9.17, 15) is 0 Å². The number of pyridine rings is 1. The predicted molar refractivity (Wildman–Crippen MR) is 82.4 cm³/mol. The summed E-state index contributed by atoms with van der Waals surface area (Å²) in [7, 11) is 0. The third-order valence-electron chi connectivity index (χ3n) is 4.16. The third-order valence-corrected chi connectivity index (χ3v) is 4.16. The van der Waals surface area contributed by atoms with Crippen LogP contribution in [0.1, 0.15) is 42.1 Å². The van der Waals surface area contributed by atoms with Gasteiger partial charge in [-0.3, -0.25) is 9.88 Å². The highest BCUT2D eigenvalue weighted by atomic mass is 15.2. The molecule has 0 amide bonds. The molecule has 20 heavy (non-hydrogen) atoms. The zero-order chi connectivity index (χ0) is 13.8. The minimum Gasteiger partial charge on any atom is -0.292 e. The highest BCUT2D eigenvalue weighted by Gasteiger charge is 2.23. The van der Waals surface area contributed by atoms with Crippen molar-refractivity contribution in [2.75, 3.05) is 6.54 Å². The first-order valence-electron chi connectivity index (χ1n) is 7.53. The molecule has 2 aromatic rings. The maximum atomic E-state index is 4.47. The fourth-order valence-corrected chi connectivity index (χ4v) is 3.05. The lowest BCUT2D eigenvalue weighted by atomic mass is 9.95. The molecule has 1 aliphatic rings. The van der Waals surface area contributed by atoms with Gasteiger partial charge in [0.2, 0.25) is 0 Å². The molecule has 3 rings (SSSR count). The predicted octanol–water partition coefficient (Wildman–Crippen LogP) is 4.12. The minimum absolute atomic E-state index is 0.525. The summed E-state index contributed by atoms with van der Waals surface area (Å²) < 4.78 is 0. The summed E-state index contributed by atoms with van der Waals surface area (Å²) in [5, 5.41) is 0. The summed E-state index contributed by atoms with van der Waals surface area (Å²) in [6.07, 6.45) is 5.94. The second-order valence-electron chi connectivity index (χ2n) is 5.70. The first-order chi connectivity index (χ1) is 9.83. The SMILES string of the molecule is Cc1ccc(C2CCCCN2Cc2ccccc2)cn1. The van der Waals surface area contributed by atoms with Gasteiger partial charge in [0.05, 0.1) is 0 Å². The van der Waals surface area contributed by atoms with Crippen molar-refractivity contribution < 1.29 is 0 Å². The van der Waals surface area contributed by atoms with Gasteiger partial charge in [0.25, 0.3) is 0 Å². The van der Waals surface area contributed by atoms with E-state index in [0.29, 0.717) is 6.04 Å². The van der Waals surface area contributed by atoms with E-state index < -0.39 is 0 Å². The second-order valence-corrected chi connectivity index (χ2v) is 5.70. The summed E-state index contributed by atoms with van der Waals surface area (Å²) in [4.78, 5) is 7.07. The molecule has 1 atom stereocenters. The molecule has 0 radical (unpaired) electrons. The van der Waals surface area contributed by atoms with Gasteiger partial charge < -0.3 is 0 Å². The minimum atomic E-state index is 0.525. The molecular weight excluding hydrogens is 244 g/mol. The fraction of sp³-hybridized carbons (Fsp3) is 0.389. The molecule has 2 heterocycles. The Bertz CT molecular complexity index is 533. The van der Waals surface area contributed by atoms with E-state index in [0.717, 1.165) is 12.2 Å². The summed E-state index contributed by atoms with van der Waals surface area (Å²) in [6, 6.07) is 15.7. The van der Waals surface area contributed by atoms with Crippen molar-refractivity contribution >= 4 is 0 Å². The van der Waals surface area contributed by atoms with Gasteiger partial charge in [-0.1, -0.05) is 42.8 Å². The Kier molecular flexibility index (Phi) is 4.12. The van der Waals surface area contributed by atoms with Crippen molar-refractivity contribution in [3.8, 4) is 0 Å².